The normalized spacial score (nSPS) is 11.2. The number of benzene rings is 2. The Morgan fingerprint density at radius 3 is 2.25 bits per heavy atom. The first-order valence-electron chi connectivity index (χ1n) is 7.17. The first-order valence-corrected chi connectivity index (χ1v) is 8.05. The summed E-state index contributed by atoms with van der Waals surface area (Å²) in [7, 11) is 0. The van der Waals surface area contributed by atoms with E-state index in [9.17, 15) is 0 Å². The first kappa shape index (κ1) is 15.7. The summed E-state index contributed by atoms with van der Waals surface area (Å²) in [6.45, 7) is 0. The van der Waals surface area contributed by atoms with Crippen LogP contribution in [0.25, 0.3) is 21.8 Å². The van der Waals surface area contributed by atoms with Crippen molar-refractivity contribution in [1.29, 1.82) is 0 Å². The van der Waals surface area contributed by atoms with Gasteiger partial charge in [-0.2, -0.15) is 4.99 Å². The number of hydrogen-bond donors (Lipinski definition) is 3. The third kappa shape index (κ3) is 3.76. The van der Waals surface area contributed by atoms with Gasteiger partial charge < -0.3 is 17.2 Å². The third-order valence-electron chi connectivity index (χ3n) is 3.18. The van der Waals surface area contributed by atoms with Gasteiger partial charge in [-0.15, -0.1) is 11.3 Å². The molecule has 1 aromatic heterocycles. The zero-order valence-electron chi connectivity index (χ0n) is 12.8. The maximum absolute atomic E-state index is 5.62. The minimum atomic E-state index is -0.121. The Labute approximate surface area is 143 Å². The number of hydrogen-bond acceptors (Lipinski definition) is 3. The van der Waals surface area contributed by atoms with Crippen LogP contribution in [0.1, 0.15) is 0 Å². The van der Waals surface area contributed by atoms with Crippen molar-refractivity contribution in [2.75, 3.05) is 0 Å². The average Bonchev–Trinajstić information content (AvgIpc) is 3.05. The Balaban J connectivity index is 1.82. The van der Waals surface area contributed by atoms with Gasteiger partial charge >= 0.3 is 0 Å². The summed E-state index contributed by atoms with van der Waals surface area (Å²) in [5.41, 5.74) is 19.8. The second kappa shape index (κ2) is 6.93. The van der Waals surface area contributed by atoms with Crippen molar-refractivity contribution in [2.45, 2.75) is 0 Å². The highest BCUT2D eigenvalue weighted by molar-refractivity contribution is 7.13. The number of aromatic nitrogens is 1. The van der Waals surface area contributed by atoms with Crippen LogP contribution < -0.4 is 17.2 Å². The lowest BCUT2D eigenvalue weighted by atomic mass is 10.1. The molecule has 0 fully saturated rings. The molecule has 0 bridgehead atoms. The maximum atomic E-state index is 5.62. The van der Waals surface area contributed by atoms with Crippen molar-refractivity contribution in [1.82, 2.24) is 4.98 Å². The Morgan fingerprint density at radius 1 is 0.875 bits per heavy atom. The topological polar surface area (TPSA) is 116 Å². The molecular formula is C17H16N6S. The summed E-state index contributed by atoms with van der Waals surface area (Å²) < 4.78 is 0. The number of aliphatic imine (C=N–C) groups is 2. The van der Waals surface area contributed by atoms with Crippen LogP contribution in [0.5, 0.6) is 0 Å². The monoisotopic (exact) mass is 336 g/mol. The molecule has 0 saturated carbocycles. The Kier molecular flexibility index (Phi) is 4.53. The zero-order valence-corrected chi connectivity index (χ0v) is 13.6. The average molecular weight is 336 g/mol. The van der Waals surface area contributed by atoms with Gasteiger partial charge in [0.15, 0.2) is 5.96 Å². The molecule has 0 radical (unpaired) electrons. The highest BCUT2D eigenvalue weighted by Gasteiger charge is 2.06. The van der Waals surface area contributed by atoms with Gasteiger partial charge in [-0.25, -0.2) is 9.98 Å². The number of thiazole rings is 1. The SMILES string of the molecule is NC(N)=NC(N)=Nc1ccc(-c2csc(-c3ccccc3)n2)cc1. The van der Waals surface area contributed by atoms with Crippen LogP contribution in [-0.4, -0.2) is 16.9 Å². The second-order valence-corrected chi connectivity index (χ2v) is 5.82. The minimum absolute atomic E-state index is 0.0165. The molecule has 0 aliphatic rings. The third-order valence-corrected chi connectivity index (χ3v) is 4.07. The van der Waals surface area contributed by atoms with Crippen LogP contribution in [0.4, 0.5) is 5.69 Å². The molecule has 120 valence electrons. The molecule has 1 heterocycles. The van der Waals surface area contributed by atoms with Crippen molar-refractivity contribution in [3.63, 3.8) is 0 Å². The van der Waals surface area contributed by atoms with Crippen molar-refractivity contribution < 1.29 is 0 Å². The van der Waals surface area contributed by atoms with Gasteiger partial charge in [0, 0.05) is 16.5 Å². The first-order chi connectivity index (χ1) is 11.6. The minimum Gasteiger partial charge on any atom is -0.370 e. The van der Waals surface area contributed by atoms with E-state index in [1.807, 2.05) is 60.0 Å². The van der Waals surface area contributed by atoms with Crippen molar-refractivity contribution in [3.05, 3.63) is 60.0 Å². The van der Waals surface area contributed by atoms with E-state index >= 15 is 0 Å². The van der Waals surface area contributed by atoms with E-state index in [4.69, 9.17) is 17.2 Å². The number of rotatable bonds is 3. The van der Waals surface area contributed by atoms with Crippen LogP contribution in [0, 0.1) is 0 Å². The molecule has 2 aromatic carbocycles. The number of nitrogens with zero attached hydrogens (tertiary/aromatic N) is 3. The van der Waals surface area contributed by atoms with Crippen molar-refractivity contribution >= 4 is 28.9 Å². The van der Waals surface area contributed by atoms with Gasteiger partial charge in [-0.05, 0) is 12.1 Å². The van der Waals surface area contributed by atoms with E-state index in [1.165, 1.54) is 0 Å². The fourth-order valence-electron chi connectivity index (χ4n) is 2.12. The quantitative estimate of drug-likeness (QED) is 0.503. The molecular weight excluding hydrogens is 320 g/mol. The molecule has 0 atom stereocenters. The molecule has 6 N–H and O–H groups in total. The zero-order chi connectivity index (χ0) is 16.9. The largest absolute Gasteiger partial charge is 0.370 e. The lowest BCUT2D eigenvalue weighted by Crippen LogP contribution is -2.26. The molecule has 7 heteroatoms. The van der Waals surface area contributed by atoms with Gasteiger partial charge in [-0.1, -0.05) is 42.5 Å². The summed E-state index contributed by atoms with van der Waals surface area (Å²) in [5, 5.41) is 3.03. The molecule has 24 heavy (non-hydrogen) atoms. The molecule has 3 rings (SSSR count). The van der Waals surface area contributed by atoms with Crippen molar-refractivity contribution in [2.24, 2.45) is 27.2 Å². The van der Waals surface area contributed by atoms with E-state index in [0.717, 1.165) is 21.8 Å². The summed E-state index contributed by atoms with van der Waals surface area (Å²) in [5.74, 6) is -0.105. The summed E-state index contributed by atoms with van der Waals surface area (Å²) in [4.78, 5) is 12.5. The van der Waals surface area contributed by atoms with Crippen LogP contribution in [0.2, 0.25) is 0 Å². The van der Waals surface area contributed by atoms with Gasteiger partial charge in [0.25, 0.3) is 0 Å². The summed E-state index contributed by atoms with van der Waals surface area (Å²) in [6.07, 6.45) is 0. The van der Waals surface area contributed by atoms with E-state index in [0.29, 0.717) is 5.69 Å². The van der Waals surface area contributed by atoms with Crippen molar-refractivity contribution in [3.8, 4) is 21.8 Å². The molecule has 0 aliphatic carbocycles. The van der Waals surface area contributed by atoms with E-state index in [1.54, 1.807) is 11.3 Å². The molecule has 0 amide bonds. The smallest absolute Gasteiger partial charge is 0.223 e. The van der Waals surface area contributed by atoms with Gasteiger partial charge in [0.2, 0.25) is 5.96 Å². The van der Waals surface area contributed by atoms with Gasteiger partial charge in [0.1, 0.15) is 5.01 Å². The van der Waals surface area contributed by atoms with Crippen LogP contribution in [-0.2, 0) is 0 Å². The standard InChI is InChI=1S/C17H16N6S/c18-16(19)23-17(20)21-13-8-6-11(7-9-13)14-10-24-15(22-14)12-4-2-1-3-5-12/h1-10H,(H6,18,19,20,21,23). The second-order valence-electron chi connectivity index (χ2n) is 4.96. The van der Waals surface area contributed by atoms with Crippen LogP contribution in [0.3, 0.4) is 0 Å². The summed E-state index contributed by atoms with van der Waals surface area (Å²) >= 11 is 1.61. The fourth-order valence-corrected chi connectivity index (χ4v) is 2.95. The van der Waals surface area contributed by atoms with E-state index in [2.05, 4.69) is 15.0 Å². The van der Waals surface area contributed by atoms with E-state index < -0.39 is 0 Å². The summed E-state index contributed by atoms with van der Waals surface area (Å²) in [6, 6.07) is 17.6. The highest BCUT2D eigenvalue weighted by atomic mass is 32.1. The van der Waals surface area contributed by atoms with Crippen LogP contribution in [0.15, 0.2) is 70.0 Å². The fraction of sp³-hybridized carbons (Fsp3) is 0. The lowest BCUT2D eigenvalue weighted by Gasteiger charge is -1.99. The molecule has 3 aromatic rings. The lowest BCUT2D eigenvalue weighted by molar-refractivity contribution is 1.37. The Bertz CT molecular complexity index is 877. The Morgan fingerprint density at radius 2 is 1.58 bits per heavy atom. The number of nitrogens with two attached hydrogens (primary N) is 3. The highest BCUT2D eigenvalue weighted by Crippen LogP contribution is 2.29. The predicted octanol–water partition coefficient (Wildman–Crippen LogP) is 2.70. The molecule has 0 spiro atoms. The predicted molar refractivity (Wildman–Crippen MR) is 100 cm³/mol. The molecule has 6 nitrogen and oxygen atoms in total. The van der Waals surface area contributed by atoms with Gasteiger partial charge in [0.05, 0.1) is 11.4 Å². The maximum Gasteiger partial charge on any atom is 0.223 e. The Hall–Kier alpha value is -3.19. The van der Waals surface area contributed by atoms with E-state index in [-0.39, 0.29) is 11.9 Å². The molecule has 0 aliphatic heterocycles. The molecule has 0 unspecified atom stereocenters. The number of guanidine groups is 2. The van der Waals surface area contributed by atoms with Crippen LogP contribution >= 0.6 is 11.3 Å². The molecule has 0 saturated heterocycles. The van der Waals surface area contributed by atoms with Gasteiger partial charge in [-0.3, -0.25) is 0 Å².